The average molecular weight is 316 g/mol. The molecule has 1 aromatic rings. The first kappa shape index (κ1) is 17.3. The van der Waals surface area contributed by atoms with Gasteiger partial charge >= 0.3 is 5.97 Å². The van der Waals surface area contributed by atoms with Gasteiger partial charge in [-0.25, -0.2) is 0 Å². The predicted octanol–water partition coefficient (Wildman–Crippen LogP) is 1.91. The minimum atomic E-state index is -1.07. The van der Waals surface area contributed by atoms with E-state index >= 15 is 0 Å². The highest BCUT2D eigenvalue weighted by Gasteiger charge is 2.21. The summed E-state index contributed by atoms with van der Waals surface area (Å²) in [6.07, 6.45) is 0. The van der Waals surface area contributed by atoms with Crippen LogP contribution < -0.4 is 4.74 Å². The summed E-state index contributed by atoms with van der Waals surface area (Å²) in [5.41, 5.74) is 0.238. The molecule has 0 radical (unpaired) electrons. The number of nitrogens with zero attached hydrogens (tertiary/aromatic N) is 1. The molecule has 0 saturated carbocycles. The molecule has 1 N–H and O–H groups in total. The maximum absolute atomic E-state index is 12.4. The van der Waals surface area contributed by atoms with Crippen LogP contribution in [0.4, 0.5) is 0 Å². The maximum Gasteiger partial charge on any atom is 0.323 e. The first-order valence-electron chi connectivity index (χ1n) is 6.42. The van der Waals surface area contributed by atoms with Gasteiger partial charge in [0.2, 0.25) is 0 Å². The fourth-order valence-corrected chi connectivity index (χ4v) is 1.86. The molecule has 0 atom stereocenters. The van der Waals surface area contributed by atoms with Gasteiger partial charge in [-0.15, -0.1) is 0 Å². The summed E-state index contributed by atoms with van der Waals surface area (Å²) in [7, 11) is 1.54. The molecule has 0 spiro atoms. The second-order valence-corrected chi connectivity index (χ2v) is 4.63. The van der Waals surface area contributed by atoms with Crippen molar-refractivity contribution in [1.29, 1.82) is 0 Å². The molecule has 116 valence electrons. The van der Waals surface area contributed by atoms with Crippen molar-refractivity contribution in [3.05, 3.63) is 28.8 Å². The van der Waals surface area contributed by atoms with Crippen molar-refractivity contribution in [1.82, 2.24) is 4.90 Å². The van der Waals surface area contributed by atoms with Gasteiger partial charge in [0, 0.05) is 18.7 Å². The second-order valence-electron chi connectivity index (χ2n) is 4.19. The number of aliphatic carboxylic acids is 1. The zero-order chi connectivity index (χ0) is 15.8. The van der Waals surface area contributed by atoms with Crippen molar-refractivity contribution in [2.45, 2.75) is 6.92 Å². The molecule has 0 fully saturated rings. The van der Waals surface area contributed by atoms with E-state index in [2.05, 4.69) is 0 Å². The minimum Gasteiger partial charge on any atom is -0.490 e. The molecule has 7 heteroatoms. The Bertz CT molecular complexity index is 506. The normalized spacial score (nSPS) is 10.2. The molecule has 0 aliphatic carbocycles. The lowest BCUT2D eigenvalue weighted by atomic mass is 10.1. The number of rotatable bonds is 8. The lowest BCUT2D eigenvalue weighted by Gasteiger charge is -2.20. The highest BCUT2D eigenvalue weighted by atomic mass is 35.5. The number of hydrogen-bond acceptors (Lipinski definition) is 4. The predicted molar refractivity (Wildman–Crippen MR) is 78.0 cm³/mol. The Morgan fingerprint density at radius 2 is 2.05 bits per heavy atom. The van der Waals surface area contributed by atoms with Crippen molar-refractivity contribution in [2.75, 3.05) is 33.4 Å². The zero-order valence-electron chi connectivity index (χ0n) is 12.0. The van der Waals surface area contributed by atoms with Gasteiger partial charge in [-0.05, 0) is 25.1 Å². The van der Waals surface area contributed by atoms with Crippen LogP contribution >= 0.6 is 11.6 Å². The number of carboxylic acids is 1. The fraction of sp³-hybridized carbons (Fsp3) is 0.429. The van der Waals surface area contributed by atoms with E-state index in [4.69, 9.17) is 26.2 Å². The van der Waals surface area contributed by atoms with Gasteiger partial charge in [0.05, 0.1) is 12.2 Å². The fourth-order valence-electron chi connectivity index (χ4n) is 1.69. The van der Waals surface area contributed by atoms with Crippen LogP contribution in [-0.2, 0) is 9.53 Å². The van der Waals surface area contributed by atoms with Crippen LogP contribution in [0.2, 0.25) is 5.02 Å². The van der Waals surface area contributed by atoms with E-state index < -0.39 is 11.9 Å². The van der Waals surface area contributed by atoms with E-state index in [-0.39, 0.29) is 25.3 Å². The van der Waals surface area contributed by atoms with Gasteiger partial charge in [-0.2, -0.15) is 0 Å². The molecular weight excluding hydrogens is 298 g/mol. The quantitative estimate of drug-likeness (QED) is 0.742. The Morgan fingerprint density at radius 3 is 2.62 bits per heavy atom. The molecule has 0 aliphatic heterocycles. The molecule has 6 nitrogen and oxygen atoms in total. The van der Waals surface area contributed by atoms with Crippen molar-refractivity contribution < 1.29 is 24.2 Å². The molecule has 0 aliphatic rings. The first-order valence-corrected chi connectivity index (χ1v) is 6.79. The molecular formula is C14H18ClNO5. The summed E-state index contributed by atoms with van der Waals surface area (Å²) in [6, 6.07) is 4.66. The Hall–Kier alpha value is -1.79. The van der Waals surface area contributed by atoms with Crippen LogP contribution in [0.1, 0.15) is 17.3 Å². The molecule has 0 bridgehead atoms. The molecule has 1 rings (SSSR count). The van der Waals surface area contributed by atoms with E-state index in [1.165, 1.54) is 11.0 Å². The number of carboxylic acid groups (broad SMARTS) is 1. The van der Waals surface area contributed by atoms with Gasteiger partial charge in [0.15, 0.2) is 0 Å². The van der Waals surface area contributed by atoms with Crippen LogP contribution in [0.5, 0.6) is 5.75 Å². The van der Waals surface area contributed by atoms with Gasteiger partial charge in [-0.3, -0.25) is 9.59 Å². The summed E-state index contributed by atoms with van der Waals surface area (Å²) in [6.45, 7) is 2.26. The van der Waals surface area contributed by atoms with E-state index in [0.717, 1.165) is 0 Å². The molecule has 0 aromatic heterocycles. The lowest BCUT2D eigenvalue weighted by molar-refractivity contribution is -0.137. The van der Waals surface area contributed by atoms with Crippen LogP contribution in [-0.4, -0.2) is 55.3 Å². The summed E-state index contributed by atoms with van der Waals surface area (Å²) in [5, 5.41) is 9.22. The zero-order valence-corrected chi connectivity index (χ0v) is 12.7. The number of carbonyl (C=O) groups excluding carboxylic acids is 1. The third-order valence-corrected chi connectivity index (χ3v) is 2.95. The Morgan fingerprint density at radius 1 is 1.33 bits per heavy atom. The third kappa shape index (κ3) is 5.24. The van der Waals surface area contributed by atoms with E-state index in [1.807, 2.05) is 0 Å². The Kier molecular flexibility index (Phi) is 6.98. The highest BCUT2D eigenvalue weighted by molar-refractivity contribution is 6.31. The summed E-state index contributed by atoms with van der Waals surface area (Å²) >= 11 is 5.91. The SMILES string of the molecule is CCN(CC(=O)O)C(=O)c1cc(Cl)ccc1OCCOC. The van der Waals surface area contributed by atoms with Crippen LogP contribution in [0, 0.1) is 0 Å². The van der Waals surface area contributed by atoms with Crippen LogP contribution in [0.3, 0.4) is 0 Å². The molecule has 0 heterocycles. The largest absolute Gasteiger partial charge is 0.490 e. The number of halogens is 1. The minimum absolute atomic E-state index is 0.238. The number of likely N-dealkylation sites (N-methyl/N-ethyl adjacent to an activating group) is 1. The van der Waals surface area contributed by atoms with Crippen LogP contribution in [0.25, 0.3) is 0 Å². The smallest absolute Gasteiger partial charge is 0.323 e. The number of methoxy groups -OCH3 is 1. The maximum atomic E-state index is 12.4. The lowest BCUT2D eigenvalue weighted by Crippen LogP contribution is -2.35. The van der Waals surface area contributed by atoms with Gasteiger partial charge in [-0.1, -0.05) is 11.6 Å². The van der Waals surface area contributed by atoms with Crippen molar-refractivity contribution in [3.63, 3.8) is 0 Å². The van der Waals surface area contributed by atoms with Crippen molar-refractivity contribution >= 4 is 23.5 Å². The molecule has 0 unspecified atom stereocenters. The molecule has 1 amide bonds. The molecule has 0 saturated heterocycles. The van der Waals surface area contributed by atoms with Crippen molar-refractivity contribution in [3.8, 4) is 5.75 Å². The van der Waals surface area contributed by atoms with Gasteiger partial charge < -0.3 is 19.5 Å². The molecule has 1 aromatic carbocycles. The Balaban J connectivity index is 2.99. The number of carbonyl (C=O) groups is 2. The first-order chi connectivity index (χ1) is 9.99. The Labute approximate surface area is 128 Å². The topological polar surface area (TPSA) is 76.1 Å². The van der Waals surface area contributed by atoms with E-state index in [0.29, 0.717) is 17.4 Å². The summed E-state index contributed by atoms with van der Waals surface area (Å²) < 4.78 is 10.4. The van der Waals surface area contributed by atoms with Gasteiger partial charge in [0.1, 0.15) is 18.9 Å². The molecule has 21 heavy (non-hydrogen) atoms. The third-order valence-electron chi connectivity index (χ3n) is 2.71. The van der Waals surface area contributed by atoms with Crippen molar-refractivity contribution in [2.24, 2.45) is 0 Å². The monoisotopic (exact) mass is 315 g/mol. The summed E-state index contributed by atoms with van der Waals surface area (Å²) in [4.78, 5) is 24.4. The highest BCUT2D eigenvalue weighted by Crippen LogP contribution is 2.24. The van der Waals surface area contributed by atoms with Crippen LogP contribution in [0.15, 0.2) is 18.2 Å². The van der Waals surface area contributed by atoms with E-state index in [9.17, 15) is 9.59 Å². The standard InChI is InChI=1S/C14H18ClNO5/c1-3-16(9-13(17)18)14(19)11-8-10(15)4-5-12(11)21-7-6-20-2/h4-5,8H,3,6-7,9H2,1-2H3,(H,17,18). The van der Waals surface area contributed by atoms with E-state index in [1.54, 1.807) is 26.2 Å². The second kappa shape index (κ2) is 8.49. The average Bonchev–Trinajstić information content (AvgIpc) is 2.45. The summed E-state index contributed by atoms with van der Waals surface area (Å²) in [5.74, 6) is -1.16. The number of ether oxygens (including phenoxy) is 2. The van der Waals surface area contributed by atoms with Gasteiger partial charge in [0.25, 0.3) is 5.91 Å². The number of benzene rings is 1. The number of hydrogen-bond donors (Lipinski definition) is 1. The number of amides is 1.